The first kappa shape index (κ1) is 12.4. The fraction of sp³-hybridized carbons (Fsp3) is 0.176. The smallest absolute Gasteiger partial charge is 0.0656 e. The molecule has 1 aromatic heterocycles. The number of para-hydroxylation sites is 1. The van der Waals surface area contributed by atoms with E-state index in [2.05, 4.69) is 72.6 Å². The lowest BCUT2D eigenvalue weighted by Crippen LogP contribution is -1.94. The number of fused-ring (bicyclic) bond motifs is 1. The van der Waals surface area contributed by atoms with E-state index in [9.17, 15) is 0 Å². The summed E-state index contributed by atoms with van der Waals surface area (Å²) in [6.45, 7) is 0. The zero-order chi connectivity index (χ0) is 13.2. The first-order valence-electron chi connectivity index (χ1n) is 6.36. The van der Waals surface area contributed by atoms with Gasteiger partial charge in [-0.3, -0.25) is 0 Å². The number of nitrogens with zero attached hydrogens (tertiary/aromatic N) is 1. The van der Waals surface area contributed by atoms with Crippen molar-refractivity contribution in [3.63, 3.8) is 0 Å². The van der Waals surface area contributed by atoms with E-state index in [0.29, 0.717) is 0 Å². The van der Waals surface area contributed by atoms with Gasteiger partial charge in [0, 0.05) is 17.3 Å². The molecule has 0 N–H and O–H groups in total. The molecule has 0 fully saturated rings. The molecule has 0 aliphatic heterocycles. The fourth-order valence-corrected chi connectivity index (χ4v) is 2.88. The monoisotopic (exact) mass is 266 g/mol. The van der Waals surface area contributed by atoms with Gasteiger partial charge in [0.15, 0.2) is 0 Å². The third kappa shape index (κ3) is 2.41. The summed E-state index contributed by atoms with van der Waals surface area (Å²) in [5, 5.41) is 1.26. The second-order valence-electron chi connectivity index (χ2n) is 4.71. The lowest BCUT2D eigenvalue weighted by Gasteiger charge is -2.07. The van der Waals surface area contributed by atoms with E-state index in [0.717, 1.165) is 6.42 Å². The molecule has 95 valence electrons. The summed E-state index contributed by atoms with van der Waals surface area (Å²) < 4.78 is 2.08. The molecule has 3 rings (SSSR count). The quantitative estimate of drug-likeness (QED) is 0.640. The summed E-state index contributed by atoms with van der Waals surface area (Å²) in [6, 6.07) is 17.4. The van der Waals surface area contributed by atoms with Crippen molar-refractivity contribution in [2.45, 2.75) is 11.3 Å². The zero-order valence-electron chi connectivity index (χ0n) is 11.2. The summed E-state index contributed by atoms with van der Waals surface area (Å²) >= 11 is 1.78. The van der Waals surface area contributed by atoms with Crippen molar-refractivity contribution in [1.82, 2.24) is 4.57 Å². The molecule has 1 nitrogen and oxygen atoms in total. The van der Waals surface area contributed by atoms with Crippen LogP contribution in [0.2, 0.25) is 0 Å². The van der Waals surface area contributed by atoms with Crippen LogP contribution in [-0.4, -0.2) is 10.8 Å². The van der Waals surface area contributed by atoms with E-state index >= 15 is 0 Å². The topological polar surface area (TPSA) is 4.93 Å². The number of hydrogen-bond donors (Lipinski definition) is 0. The predicted octanol–water partition coefficient (Wildman–Crippen LogP) is 4.29. The van der Waals surface area contributed by atoms with Gasteiger partial charge >= 0.3 is 0 Å². The summed E-state index contributed by atoms with van der Waals surface area (Å²) in [7, 11) is 2.06. The van der Waals surface area contributed by atoms with E-state index < -0.39 is 0 Å². The first-order valence-corrected chi connectivity index (χ1v) is 7.58. The lowest BCUT2D eigenvalue weighted by molar-refractivity contribution is 0.949. The Balaban J connectivity index is 1.98. The van der Waals surface area contributed by atoms with E-state index in [1.165, 1.54) is 26.9 Å². The number of aryl methyl sites for hydroxylation is 1. The molecule has 1 heterocycles. The molecule has 1 radical (unpaired) electrons. The molecule has 0 atom stereocenters. The highest BCUT2D eigenvalue weighted by atomic mass is 32.2. The Morgan fingerprint density at radius 1 is 1.11 bits per heavy atom. The normalized spacial score (nSPS) is 11.1. The van der Waals surface area contributed by atoms with Gasteiger partial charge in [-0.25, -0.2) is 0 Å². The average Bonchev–Trinajstić information content (AvgIpc) is 2.83. The molecule has 0 amide bonds. The molecule has 19 heavy (non-hydrogen) atoms. The third-order valence-electron chi connectivity index (χ3n) is 3.45. The largest absolute Gasteiger partial charge is 0.342 e. The summed E-state index contributed by atoms with van der Waals surface area (Å²) in [5.74, 6) is 0. The Labute approximate surface area is 118 Å². The molecule has 3 aromatic rings. The number of hydrogen-bond acceptors (Lipinski definition) is 1. The summed E-state index contributed by atoms with van der Waals surface area (Å²) in [6.07, 6.45) is 6.31. The number of thioether (sulfide) groups is 1. The van der Waals surface area contributed by atoms with Gasteiger partial charge in [0.05, 0.1) is 11.7 Å². The van der Waals surface area contributed by atoms with Gasteiger partial charge < -0.3 is 4.57 Å². The Bertz CT molecular complexity index is 695. The van der Waals surface area contributed by atoms with Crippen molar-refractivity contribution in [1.29, 1.82) is 0 Å². The maximum atomic E-state index is 3.23. The van der Waals surface area contributed by atoms with Crippen molar-refractivity contribution < 1.29 is 0 Å². The van der Waals surface area contributed by atoms with Crippen LogP contribution in [0.3, 0.4) is 0 Å². The van der Waals surface area contributed by atoms with Gasteiger partial charge in [-0.1, -0.05) is 30.3 Å². The minimum absolute atomic E-state index is 0.970. The van der Waals surface area contributed by atoms with Crippen molar-refractivity contribution >= 4 is 22.7 Å². The van der Waals surface area contributed by atoms with Gasteiger partial charge in [0.25, 0.3) is 0 Å². The van der Waals surface area contributed by atoms with Crippen LogP contribution in [0, 0.1) is 6.20 Å². The fourth-order valence-electron chi connectivity index (χ4n) is 2.47. The van der Waals surface area contributed by atoms with Gasteiger partial charge in [0.1, 0.15) is 0 Å². The molecule has 0 aliphatic carbocycles. The number of rotatable bonds is 3. The minimum Gasteiger partial charge on any atom is -0.342 e. The lowest BCUT2D eigenvalue weighted by atomic mass is 10.0. The Hall–Kier alpha value is -1.67. The molecule has 2 aromatic carbocycles. The standard InChI is InChI=1S/C17H16NS/c1-18-11-10-14-4-3-5-15(17(14)18)12-13-6-8-16(19-2)9-7-13/h3-10H,12H2,1-2H3. The minimum atomic E-state index is 0.970. The van der Waals surface area contributed by atoms with Crippen molar-refractivity contribution in [3.8, 4) is 0 Å². The summed E-state index contributed by atoms with van der Waals surface area (Å²) in [5.41, 5.74) is 4.00. The van der Waals surface area contributed by atoms with Gasteiger partial charge in [-0.15, -0.1) is 11.8 Å². The van der Waals surface area contributed by atoms with Gasteiger partial charge in [0.2, 0.25) is 0 Å². The van der Waals surface area contributed by atoms with Gasteiger partial charge in [-0.05, 0) is 42.0 Å². The van der Waals surface area contributed by atoms with E-state index in [1.807, 2.05) is 0 Å². The molecule has 0 aliphatic rings. The van der Waals surface area contributed by atoms with Gasteiger partial charge in [-0.2, -0.15) is 0 Å². The van der Waals surface area contributed by atoms with E-state index in [1.54, 1.807) is 11.8 Å². The van der Waals surface area contributed by atoms with Crippen molar-refractivity contribution in [2.75, 3.05) is 6.26 Å². The number of benzene rings is 2. The first-order chi connectivity index (χ1) is 9.28. The molecule has 0 spiro atoms. The van der Waals surface area contributed by atoms with Crippen LogP contribution >= 0.6 is 11.8 Å². The highest BCUT2D eigenvalue weighted by Crippen LogP contribution is 2.23. The van der Waals surface area contributed by atoms with Crippen LogP contribution in [0.5, 0.6) is 0 Å². The average molecular weight is 266 g/mol. The Morgan fingerprint density at radius 3 is 2.63 bits per heavy atom. The maximum absolute atomic E-state index is 3.23. The molecule has 0 bridgehead atoms. The van der Waals surface area contributed by atoms with Crippen LogP contribution in [0.25, 0.3) is 10.9 Å². The molecule has 2 heteroatoms. The zero-order valence-corrected chi connectivity index (χ0v) is 12.0. The van der Waals surface area contributed by atoms with Crippen LogP contribution < -0.4 is 0 Å². The highest BCUT2D eigenvalue weighted by Gasteiger charge is 2.05. The Morgan fingerprint density at radius 2 is 1.89 bits per heavy atom. The highest BCUT2D eigenvalue weighted by molar-refractivity contribution is 7.98. The molecule has 0 unspecified atom stereocenters. The van der Waals surface area contributed by atoms with Crippen LogP contribution in [-0.2, 0) is 13.5 Å². The van der Waals surface area contributed by atoms with Crippen molar-refractivity contribution in [2.24, 2.45) is 7.05 Å². The van der Waals surface area contributed by atoms with E-state index in [-0.39, 0.29) is 0 Å². The number of aromatic nitrogens is 1. The maximum Gasteiger partial charge on any atom is 0.0656 e. The van der Waals surface area contributed by atoms with E-state index in [4.69, 9.17) is 0 Å². The van der Waals surface area contributed by atoms with Crippen LogP contribution in [0.1, 0.15) is 11.1 Å². The Kier molecular flexibility index (Phi) is 3.34. The van der Waals surface area contributed by atoms with Crippen LogP contribution in [0.4, 0.5) is 0 Å². The summed E-state index contributed by atoms with van der Waals surface area (Å²) in [4.78, 5) is 1.31. The third-order valence-corrected chi connectivity index (χ3v) is 4.20. The molecule has 0 saturated carbocycles. The SMILES string of the molecule is CSc1ccc(Cc2cccc3c[c]n(C)c23)cc1. The predicted molar refractivity (Wildman–Crippen MR) is 82.8 cm³/mol. The second kappa shape index (κ2) is 5.14. The molecular formula is C17H16NS. The molecule has 0 saturated heterocycles. The molecular weight excluding hydrogens is 250 g/mol. The van der Waals surface area contributed by atoms with Crippen LogP contribution in [0.15, 0.2) is 53.4 Å². The second-order valence-corrected chi connectivity index (χ2v) is 5.59. The van der Waals surface area contributed by atoms with Crippen molar-refractivity contribution in [3.05, 3.63) is 65.9 Å².